The van der Waals surface area contributed by atoms with Crippen molar-refractivity contribution in [3.8, 4) is 0 Å². The molecular weight excluding hydrogens is 256 g/mol. The molecule has 0 aliphatic carbocycles. The largest absolute Gasteiger partial charge is 0.481 e. The lowest BCUT2D eigenvalue weighted by Crippen LogP contribution is -2.63. The minimum absolute atomic E-state index is 0.0730. The minimum atomic E-state index is -1.03. The van der Waals surface area contributed by atoms with Crippen LogP contribution in [0.2, 0.25) is 0 Å². The Morgan fingerprint density at radius 1 is 1.30 bits per heavy atom. The molecule has 116 valence electrons. The molecule has 5 nitrogen and oxygen atoms in total. The van der Waals surface area contributed by atoms with Gasteiger partial charge in [-0.2, -0.15) is 0 Å². The van der Waals surface area contributed by atoms with Crippen molar-refractivity contribution in [1.29, 1.82) is 0 Å². The second kappa shape index (κ2) is 5.72. The number of carbonyl (C=O) groups is 2. The minimum Gasteiger partial charge on any atom is -0.481 e. The van der Waals surface area contributed by atoms with Crippen LogP contribution in [0.1, 0.15) is 60.3 Å². The van der Waals surface area contributed by atoms with Gasteiger partial charge in [-0.1, -0.05) is 13.3 Å². The number of hydrogen-bond donors (Lipinski definition) is 3. The van der Waals surface area contributed by atoms with Crippen molar-refractivity contribution >= 4 is 11.9 Å². The quantitative estimate of drug-likeness (QED) is 0.696. The Labute approximate surface area is 121 Å². The maximum atomic E-state index is 12.7. The van der Waals surface area contributed by atoms with Crippen LogP contribution in [0, 0.1) is 5.41 Å². The number of aliphatic carboxylic acids is 1. The summed E-state index contributed by atoms with van der Waals surface area (Å²) in [6, 6.07) is 0. The van der Waals surface area contributed by atoms with E-state index in [0.717, 1.165) is 32.2 Å². The van der Waals surface area contributed by atoms with Gasteiger partial charge < -0.3 is 15.7 Å². The molecular formula is C15H28N2O3. The van der Waals surface area contributed by atoms with Gasteiger partial charge in [0, 0.05) is 0 Å². The zero-order valence-corrected chi connectivity index (χ0v) is 13.3. The van der Waals surface area contributed by atoms with E-state index in [4.69, 9.17) is 0 Å². The number of amides is 1. The number of rotatable bonds is 6. The lowest BCUT2D eigenvalue weighted by atomic mass is 9.74. The van der Waals surface area contributed by atoms with Gasteiger partial charge in [0.15, 0.2) is 0 Å². The summed E-state index contributed by atoms with van der Waals surface area (Å²) in [4.78, 5) is 24.1. The Hall–Kier alpha value is -1.10. The first kappa shape index (κ1) is 17.0. The predicted octanol–water partition coefficient (Wildman–Crippen LogP) is 1.91. The number of nitrogens with one attached hydrogen (secondary N) is 2. The third-order valence-electron chi connectivity index (χ3n) is 4.88. The summed E-state index contributed by atoms with van der Waals surface area (Å²) in [6.45, 7) is 9.73. The van der Waals surface area contributed by atoms with E-state index in [-0.39, 0.29) is 5.91 Å². The summed E-state index contributed by atoms with van der Waals surface area (Å²) < 4.78 is 0. The maximum Gasteiger partial charge on any atom is 0.311 e. The molecule has 0 radical (unpaired) electrons. The summed E-state index contributed by atoms with van der Waals surface area (Å²) in [5.74, 6) is -0.983. The zero-order valence-electron chi connectivity index (χ0n) is 13.3. The lowest BCUT2D eigenvalue weighted by Gasteiger charge is -2.41. The molecule has 0 saturated carbocycles. The number of hydrogen-bond acceptors (Lipinski definition) is 3. The first-order valence-corrected chi connectivity index (χ1v) is 7.40. The predicted molar refractivity (Wildman–Crippen MR) is 78.5 cm³/mol. The van der Waals surface area contributed by atoms with Crippen LogP contribution in [-0.4, -0.2) is 34.6 Å². The van der Waals surface area contributed by atoms with Gasteiger partial charge in [-0.05, 0) is 53.5 Å². The van der Waals surface area contributed by atoms with E-state index in [2.05, 4.69) is 17.6 Å². The molecule has 0 aromatic rings. The Bertz CT molecular complexity index is 383. The number of carboxylic acid groups (broad SMARTS) is 1. The van der Waals surface area contributed by atoms with Crippen LogP contribution in [-0.2, 0) is 9.59 Å². The summed E-state index contributed by atoms with van der Waals surface area (Å²) >= 11 is 0. The van der Waals surface area contributed by atoms with Crippen molar-refractivity contribution in [2.45, 2.75) is 71.4 Å². The summed E-state index contributed by atoms with van der Waals surface area (Å²) in [6.07, 6.45) is 3.50. The maximum absolute atomic E-state index is 12.7. The first-order valence-electron chi connectivity index (χ1n) is 7.40. The SMILES string of the molecule is CCCC1(C(=O)NC(C)(C)C(C)(C)C(=O)O)CCCN1. The number of carbonyl (C=O) groups excluding carboxylic acids is 1. The Balaban J connectivity index is 2.90. The Morgan fingerprint density at radius 3 is 2.30 bits per heavy atom. The Morgan fingerprint density at radius 2 is 1.90 bits per heavy atom. The fourth-order valence-corrected chi connectivity index (χ4v) is 2.58. The van der Waals surface area contributed by atoms with E-state index in [1.807, 2.05) is 0 Å². The molecule has 1 heterocycles. The van der Waals surface area contributed by atoms with Crippen LogP contribution in [0.5, 0.6) is 0 Å². The molecule has 1 rings (SSSR count). The highest BCUT2D eigenvalue weighted by atomic mass is 16.4. The van der Waals surface area contributed by atoms with Gasteiger partial charge in [0.1, 0.15) is 0 Å². The fraction of sp³-hybridized carbons (Fsp3) is 0.867. The van der Waals surface area contributed by atoms with E-state index in [1.54, 1.807) is 27.7 Å². The van der Waals surface area contributed by atoms with E-state index < -0.39 is 22.5 Å². The second-order valence-corrected chi connectivity index (χ2v) is 6.87. The van der Waals surface area contributed by atoms with Gasteiger partial charge in [-0.15, -0.1) is 0 Å². The van der Waals surface area contributed by atoms with Gasteiger partial charge in [0.25, 0.3) is 0 Å². The van der Waals surface area contributed by atoms with E-state index in [9.17, 15) is 14.7 Å². The standard InChI is InChI=1S/C15H28N2O3/c1-6-8-15(9-7-10-16-15)11(18)17-14(4,5)13(2,3)12(19)20/h16H,6-10H2,1-5H3,(H,17,18)(H,19,20). The third kappa shape index (κ3) is 2.97. The molecule has 1 saturated heterocycles. The van der Waals surface area contributed by atoms with Crippen LogP contribution < -0.4 is 10.6 Å². The van der Waals surface area contributed by atoms with Crippen molar-refractivity contribution in [3.05, 3.63) is 0 Å². The highest BCUT2D eigenvalue weighted by Crippen LogP contribution is 2.33. The molecule has 1 aliphatic rings. The van der Waals surface area contributed by atoms with Gasteiger partial charge in [0.05, 0.1) is 16.5 Å². The molecule has 1 amide bonds. The summed E-state index contributed by atoms with van der Waals surface area (Å²) in [5, 5.41) is 15.6. The molecule has 1 atom stereocenters. The molecule has 1 aliphatic heterocycles. The number of carboxylic acids is 1. The lowest BCUT2D eigenvalue weighted by molar-refractivity contribution is -0.152. The Kier molecular flexibility index (Phi) is 4.85. The van der Waals surface area contributed by atoms with Crippen LogP contribution >= 0.6 is 0 Å². The fourth-order valence-electron chi connectivity index (χ4n) is 2.58. The third-order valence-corrected chi connectivity index (χ3v) is 4.88. The van der Waals surface area contributed by atoms with Crippen molar-refractivity contribution < 1.29 is 14.7 Å². The molecule has 20 heavy (non-hydrogen) atoms. The zero-order chi connectivity index (χ0) is 15.6. The van der Waals surface area contributed by atoms with Gasteiger partial charge in [-0.25, -0.2) is 0 Å². The molecule has 5 heteroatoms. The van der Waals surface area contributed by atoms with Crippen LogP contribution in [0.4, 0.5) is 0 Å². The van der Waals surface area contributed by atoms with Crippen LogP contribution in [0.3, 0.4) is 0 Å². The molecule has 1 unspecified atom stereocenters. The highest BCUT2D eigenvalue weighted by Gasteiger charge is 2.48. The molecule has 0 spiro atoms. The molecule has 1 fully saturated rings. The summed E-state index contributed by atoms with van der Waals surface area (Å²) in [5.41, 5.74) is -2.38. The summed E-state index contributed by atoms with van der Waals surface area (Å²) in [7, 11) is 0. The highest BCUT2D eigenvalue weighted by molar-refractivity contribution is 5.88. The van der Waals surface area contributed by atoms with E-state index in [0.29, 0.717) is 0 Å². The molecule has 0 aromatic heterocycles. The molecule has 0 aromatic carbocycles. The smallest absolute Gasteiger partial charge is 0.311 e. The van der Waals surface area contributed by atoms with Gasteiger partial charge >= 0.3 is 5.97 Å². The first-order chi connectivity index (χ1) is 9.09. The van der Waals surface area contributed by atoms with Crippen molar-refractivity contribution in [2.75, 3.05) is 6.54 Å². The van der Waals surface area contributed by atoms with Crippen LogP contribution in [0.25, 0.3) is 0 Å². The van der Waals surface area contributed by atoms with E-state index in [1.165, 1.54) is 0 Å². The molecule has 3 N–H and O–H groups in total. The average molecular weight is 284 g/mol. The second-order valence-electron chi connectivity index (χ2n) is 6.87. The molecule has 0 bridgehead atoms. The van der Waals surface area contributed by atoms with E-state index >= 15 is 0 Å². The van der Waals surface area contributed by atoms with Crippen molar-refractivity contribution in [3.63, 3.8) is 0 Å². The van der Waals surface area contributed by atoms with Crippen LogP contribution in [0.15, 0.2) is 0 Å². The van der Waals surface area contributed by atoms with Crippen molar-refractivity contribution in [1.82, 2.24) is 10.6 Å². The van der Waals surface area contributed by atoms with Gasteiger partial charge in [-0.3, -0.25) is 9.59 Å². The van der Waals surface area contributed by atoms with Gasteiger partial charge in [0.2, 0.25) is 5.91 Å². The average Bonchev–Trinajstić information content (AvgIpc) is 2.78. The van der Waals surface area contributed by atoms with Crippen molar-refractivity contribution in [2.24, 2.45) is 5.41 Å². The topological polar surface area (TPSA) is 78.4 Å². The monoisotopic (exact) mass is 284 g/mol. The normalized spacial score (nSPS) is 23.6.